The molecule has 0 saturated carbocycles. The number of nitrogens with zero attached hydrogens (tertiary/aromatic N) is 2. The van der Waals surface area contributed by atoms with Gasteiger partial charge in [0, 0.05) is 11.8 Å². The van der Waals surface area contributed by atoms with E-state index in [2.05, 4.69) is 10.1 Å². The van der Waals surface area contributed by atoms with Crippen LogP contribution in [0, 0.1) is 19.8 Å². The Morgan fingerprint density at radius 1 is 1.27 bits per heavy atom. The van der Waals surface area contributed by atoms with Crippen molar-refractivity contribution < 1.29 is 24.3 Å². The minimum absolute atomic E-state index is 0.449. The molecule has 2 rings (SSSR count). The molecule has 0 aliphatic rings. The molecule has 1 aromatic heterocycles. The fourth-order valence-corrected chi connectivity index (χ4v) is 2.03. The van der Waals surface area contributed by atoms with Crippen LogP contribution >= 0.6 is 0 Å². The van der Waals surface area contributed by atoms with E-state index in [1.807, 2.05) is 13.0 Å². The number of carboxylic acids is 2. The van der Waals surface area contributed by atoms with Gasteiger partial charge in [0.1, 0.15) is 5.76 Å². The molecule has 0 bridgehead atoms. The van der Waals surface area contributed by atoms with Crippen LogP contribution in [-0.2, 0) is 9.59 Å². The second-order valence-electron chi connectivity index (χ2n) is 4.68. The van der Waals surface area contributed by atoms with Gasteiger partial charge >= 0.3 is 11.9 Å². The van der Waals surface area contributed by atoms with Crippen LogP contribution in [0.5, 0.6) is 0 Å². The summed E-state index contributed by atoms with van der Waals surface area (Å²) in [4.78, 5) is 25.6. The number of aryl methyl sites for hydroxylation is 2. The van der Waals surface area contributed by atoms with E-state index in [0.717, 1.165) is 23.0 Å². The summed E-state index contributed by atoms with van der Waals surface area (Å²) in [6.45, 7) is 3.60. The fourth-order valence-electron chi connectivity index (χ4n) is 2.03. The maximum atomic E-state index is 10.8. The normalized spacial score (nSPS) is 11.2. The Morgan fingerprint density at radius 3 is 2.50 bits per heavy atom. The van der Waals surface area contributed by atoms with Crippen molar-refractivity contribution in [3.63, 3.8) is 0 Å². The minimum atomic E-state index is -1.68. The van der Waals surface area contributed by atoms with Crippen LogP contribution in [0.1, 0.15) is 11.5 Å². The molecule has 0 radical (unpaired) electrons. The third kappa shape index (κ3) is 3.20. The van der Waals surface area contributed by atoms with E-state index in [4.69, 9.17) is 14.7 Å². The van der Waals surface area contributed by atoms with Gasteiger partial charge in [0.15, 0.2) is 5.92 Å². The lowest BCUT2D eigenvalue weighted by atomic mass is 10.0. The van der Waals surface area contributed by atoms with Gasteiger partial charge in [-0.1, -0.05) is 17.3 Å². The summed E-state index contributed by atoms with van der Waals surface area (Å²) in [5.41, 5.74) is 2.83. The van der Waals surface area contributed by atoms with Gasteiger partial charge in [-0.3, -0.25) is 14.6 Å². The Balaban J connectivity index is 2.33. The van der Waals surface area contributed by atoms with E-state index in [-0.39, 0.29) is 0 Å². The zero-order valence-electron chi connectivity index (χ0n) is 12.0. The van der Waals surface area contributed by atoms with E-state index >= 15 is 0 Å². The van der Waals surface area contributed by atoms with Crippen molar-refractivity contribution in [1.82, 2.24) is 5.16 Å². The van der Waals surface area contributed by atoms with Crippen molar-refractivity contribution in [2.24, 2.45) is 10.9 Å². The molecule has 2 aromatic rings. The van der Waals surface area contributed by atoms with Crippen molar-refractivity contribution in [2.45, 2.75) is 13.8 Å². The highest BCUT2D eigenvalue weighted by Gasteiger charge is 2.23. The monoisotopic (exact) mass is 302 g/mol. The number of aliphatic carboxylic acids is 2. The van der Waals surface area contributed by atoms with E-state index in [0.29, 0.717) is 11.4 Å². The minimum Gasteiger partial charge on any atom is -0.480 e. The average Bonchev–Trinajstić information content (AvgIpc) is 2.78. The van der Waals surface area contributed by atoms with E-state index in [1.54, 1.807) is 25.1 Å². The first-order chi connectivity index (χ1) is 10.4. The summed E-state index contributed by atoms with van der Waals surface area (Å²) in [5.74, 6) is -3.94. The van der Waals surface area contributed by atoms with Crippen molar-refractivity contribution in [3.8, 4) is 11.1 Å². The molecule has 1 aromatic carbocycles. The molecule has 0 aliphatic heterocycles. The summed E-state index contributed by atoms with van der Waals surface area (Å²) >= 11 is 0. The average molecular weight is 302 g/mol. The Hall–Kier alpha value is -2.96. The second kappa shape index (κ2) is 6.21. The Labute approximate surface area is 125 Å². The number of hydrogen-bond acceptors (Lipinski definition) is 5. The molecular formula is C15H14N2O5. The van der Waals surface area contributed by atoms with Gasteiger partial charge in [-0.2, -0.15) is 0 Å². The first-order valence-corrected chi connectivity index (χ1v) is 6.43. The van der Waals surface area contributed by atoms with Crippen molar-refractivity contribution in [2.75, 3.05) is 0 Å². The Kier molecular flexibility index (Phi) is 4.36. The number of aliphatic imine (C=N–C) groups is 1. The highest BCUT2D eigenvalue weighted by molar-refractivity contribution is 6.08. The molecule has 0 aliphatic carbocycles. The first kappa shape index (κ1) is 15.4. The lowest BCUT2D eigenvalue weighted by molar-refractivity contribution is -0.150. The van der Waals surface area contributed by atoms with Gasteiger partial charge in [-0.05, 0) is 31.5 Å². The molecule has 0 amide bonds. The van der Waals surface area contributed by atoms with Crippen LogP contribution in [-0.4, -0.2) is 33.5 Å². The molecule has 0 fully saturated rings. The second-order valence-corrected chi connectivity index (χ2v) is 4.68. The van der Waals surface area contributed by atoms with Crippen molar-refractivity contribution in [1.29, 1.82) is 0 Å². The van der Waals surface area contributed by atoms with Crippen molar-refractivity contribution in [3.05, 3.63) is 35.7 Å². The lowest BCUT2D eigenvalue weighted by Crippen LogP contribution is -2.24. The van der Waals surface area contributed by atoms with Crippen LogP contribution in [0.4, 0.5) is 5.69 Å². The highest BCUT2D eigenvalue weighted by Crippen LogP contribution is 2.29. The van der Waals surface area contributed by atoms with Gasteiger partial charge in [0.25, 0.3) is 0 Å². The SMILES string of the molecule is Cc1noc(C)c1-c1cccc(N=CC(C(=O)O)C(=O)O)c1. The third-order valence-corrected chi connectivity index (χ3v) is 3.07. The summed E-state index contributed by atoms with van der Waals surface area (Å²) in [6, 6.07) is 6.95. The third-order valence-electron chi connectivity index (χ3n) is 3.07. The number of carbonyl (C=O) groups is 2. The molecule has 1 heterocycles. The molecule has 0 unspecified atom stereocenters. The van der Waals surface area contributed by atoms with Gasteiger partial charge in [-0.15, -0.1) is 0 Å². The summed E-state index contributed by atoms with van der Waals surface area (Å²) in [7, 11) is 0. The molecule has 114 valence electrons. The summed E-state index contributed by atoms with van der Waals surface area (Å²) < 4.78 is 5.11. The van der Waals surface area contributed by atoms with Crippen LogP contribution in [0.3, 0.4) is 0 Å². The van der Waals surface area contributed by atoms with Crippen molar-refractivity contribution >= 4 is 23.8 Å². The molecule has 7 nitrogen and oxygen atoms in total. The van der Waals surface area contributed by atoms with Crippen LogP contribution in [0.15, 0.2) is 33.8 Å². The largest absolute Gasteiger partial charge is 0.480 e. The number of aromatic nitrogens is 1. The zero-order valence-corrected chi connectivity index (χ0v) is 12.0. The van der Waals surface area contributed by atoms with Gasteiger partial charge in [0.05, 0.1) is 11.4 Å². The molecule has 22 heavy (non-hydrogen) atoms. The molecule has 0 atom stereocenters. The molecule has 0 saturated heterocycles. The summed E-state index contributed by atoms with van der Waals surface area (Å²) in [6.07, 6.45) is 0.900. The Bertz CT molecular complexity index is 715. The summed E-state index contributed by atoms with van der Waals surface area (Å²) in [5, 5.41) is 21.5. The maximum absolute atomic E-state index is 10.8. The lowest BCUT2D eigenvalue weighted by Gasteiger charge is -2.03. The van der Waals surface area contributed by atoms with E-state index in [9.17, 15) is 9.59 Å². The molecule has 0 spiro atoms. The number of hydrogen-bond donors (Lipinski definition) is 2. The zero-order chi connectivity index (χ0) is 16.3. The fraction of sp³-hybridized carbons (Fsp3) is 0.200. The topological polar surface area (TPSA) is 113 Å². The van der Waals surface area contributed by atoms with Crippen LogP contribution in [0.2, 0.25) is 0 Å². The van der Waals surface area contributed by atoms with Gasteiger partial charge in [-0.25, -0.2) is 0 Å². The predicted octanol–water partition coefficient (Wildman–Crippen LogP) is 2.45. The van der Waals surface area contributed by atoms with E-state index < -0.39 is 17.9 Å². The number of carboxylic acid groups (broad SMARTS) is 2. The van der Waals surface area contributed by atoms with Gasteiger partial charge in [0.2, 0.25) is 0 Å². The first-order valence-electron chi connectivity index (χ1n) is 6.43. The number of rotatable bonds is 5. The van der Waals surface area contributed by atoms with Crippen LogP contribution in [0.25, 0.3) is 11.1 Å². The number of benzene rings is 1. The highest BCUT2D eigenvalue weighted by atomic mass is 16.5. The maximum Gasteiger partial charge on any atom is 0.323 e. The Morgan fingerprint density at radius 2 is 1.95 bits per heavy atom. The smallest absolute Gasteiger partial charge is 0.323 e. The quantitative estimate of drug-likeness (QED) is 0.648. The van der Waals surface area contributed by atoms with Crippen LogP contribution < -0.4 is 0 Å². The standard InChI is InChI=1S/C15H14N2O5/c1-8-13(9(2)22-17-8)10-4-3-5-11(6-10)16-7-12(14(18)19)15(20)21/h3-7,12H,1-2H3,(H,18,19)(H,20,21). The predicted molar refractivity (Wildman–Crippen MR) is 78.3 cm³/mol. The van der Waals surface area contributed by atoms with Gasteiger partial charge < -0.3 is 14.7 Å². The molecule has 2 N–H and O–H groups in total. The molecular weight excluding hydrogens is 288 g/mol. The van der Waals surface area contributed by atoms with E-state index in [1.165, 1.54) is 0 Å². The molecule has 7 heteroatoms.